The number of hydrogen-bond acceptors (Lipinski definition) is 4. The second-order valence-electron chi connectivity index (χ2n) is 7.65. The average Bonchev–Trinajstić information content (AvgIpc) is 3.43. The Balaban J connectivity index is 0.000000329. The van der Waals surface area contributed by atoms with Crippen LogP contribution in [0.25, 0.3) is 0 Å². The third-order valence-corrected chi connectivity index (χ3v) is 5.79. The topological polar surface area (TPSA) is 35.9 Å². The second kappa shape index (κ2) is 9.91. The molecule has 2 saturated carbocycles. The zero-order chi connectivity index (χ0) is 18.8. The summed E-state index contributed by atoms with van der Waals surface area (Å²) in [6, 6.07) is 0.592. The van der Waals surface area contributed by atoms with Gasteiger partial charge in [-0.3, -0.25) is 14.7 Å². The van der Waals surface area contributed by atoms with Gasteiger partial charge >= 0.3 is 17.1 Å². The summed E-state index contributed by atoms with van der Waals surface area (Å²) >= 11 is 0. The Morgan fingerprint density at radius 1 is 0.964 bits per heavy atom. The molecule has 2 atom stereocenters. The van der Waals surface area contributed by atoms with E-state index < -0.39 is 0 Å². The molecule has 0 amide bonds. The number of carbonyl (C=O) groups is 1. The summed E-state index contributed by atoms with van der Waals surface area (Å²) in [5.41, 5.74) is 2.28. The van der Waals surface area contributed by atoms with Crippen LogP contribution in [-0.4, -0.2) is 46.6 Å². The van der Waals surface area contributed by atoms with E-state index in [0.717, 1.165) is 5.70 Å². The first kappa shape index (κ1) is 22.1. The van der Waals surface area contributed by atoms with Crippen LogP contribution in [0.4, 0.5) is 0 Å². The molecule has 5 heteroatoms. The number of nitrogens with zero attached hydrogens (tertiary/aromatic N) is 3. The first-order valence-corrected chi connectivity index (χ1v) is 9.84. The van der Waals surface area contributed by atoms with Gasteiger partial charge in [0.15, 0.2) is 5.78 Å². The molecule has 6 rings (SSSR count). The van der Waals surface area contributed by atoms with Crippen LogP contribution in [0, 0.1) is 69.6 Å². The molecule has 5 fully saturated rings. The summed E-state index contributed by atoms with van der Waals surface area (Å²) < 4.78 is 0. The molecule has 2 unspecified atom stereocenters. The smallest absolute Gasteiger partial charge is 0.295 e. The zero-order valence-corrected chi connectivity index (χ0v) is 17.5. The summed E-state index contributed by atoms with van der Waals surface area (Å²) in [6.45, 7) is 5.95. The standard InChI is InChI=1S/C18H22N3O.C5H5.Fe/c1-12(11-13(2)22)21-17(15-5-3-4-6-15)18-16(19-21)14-7-9-20(18)10-8-14;1-2-4-5-3-1;/h3-6,11,14,17-18H,7-10H2,1-2H3;1-5H;/q;;+2/b12-11+;;. The van der Waals surface area contributed by atoms with E-state index in [-0.39, 0.29) is 28.9 Å². The predicted octanol–water partition coefficient (Wildman–Crippen LogP) is 3.04. The molecule has 3 saturated heterocycles. The Labute approximate surface area is 181 Å². The zero-order valence-electron chi connectivity index (χ0n) is 16.4. The van der Waals surface area contributed by atoms with Crippen molar-refractivity contribution >= 4 is 11.5 Å². The maximum absolute atomic E-state index is 11.5. The Bertz CT molecular complexity index is 591. The minimum Gasteiger partial charge on any atom is -0.295 e. The van der Waals surface area contributed by atoms with Crippen LogP contribution in [0.3, 0.4) is 0 Å². The van der Waals surface area contributed by atoms with Crippen molar-refractivity contribution in [1.29, 1.82) is 0 Å². The molecule has 2 aliphatic carbocycles. The number of allylic oxidation sites excluding steroid dienone is 2. The van der Waals surface area contributed by atoms with E-state index in [0.29, 0.717) is 12.0 Å². The van der Waals surface area contributed by atoms with E-state index in [1.807, 2.05) is 39.0 Å². The van der Waals surface area contributed by atoms with E-state index in [9.17, 15) is 4.79 Å². The van der Waals surface area contributed by atoms with Crippen LogP contribution in [0.1, 0.15) is 26.7 Å². The van der Waals surface area contributed by atoms with E-state index in [1.54, 1.807) is 13.0 Å². The van der Waals surface area contributed by atoms with Crippen molar-refractivity contribution < 1.29 is 21.9 Å². The Hall–Kier alpha value is -0.641. The average molecular weight is 417 g/mol. The molecule has 4 aliphatic heterocycles. The summed E-state index contributed by atoms with van der Waals surface area (Å²) in [7, 11) is 0. The summed E-state index contributed by atoms with van der Waals surface area (Å²) in [6.07, 6.45) is 22.7. The van der Waals surface area contributed by atoms with Gasteiger partial charge in [-0.05, 0) is 97.6 Å². The first-order chi connectivity index (χ1) is 13.1. The molecule has 28 heavy (non-hydrogen) atoms. The van der Waals surface area contributed by atoms with E-state index in [4.69, 9.17) is 5.10 Å². The minimum atomic E-state index is 0. The number of fused-ring (bicyclic) bond motifs is 2. The van der Waals surface area contributed by atoms with Crippen molar-refractivity contribution in [3.05, 3.63) is 75.5 Å². The van der Waals surface area contributed by atoms with E-state index in [2.05, 4.69) is 35.6 Å². The second-order valence-corrected chi connectivity index (χ2v) is 7.65. The normalized spacial score (nSPS) is 34.4. The molecule has 6 aliphatic rings. The van der Waals surface area contributed by atoms with Crippen LogP contribution in [0.5, 0.6) is 0 Å². The van der Waals surface area contributed by atoms with Gasteiger partial charge in [-0.2, -0.15) is 5.10 Å². The summed E-state index contributed by atoms with van der Waals surface area (Å²) in [5, 5.41) is 7.06. The molecule has 146 valence electrons. The molecule has 0 N–H and O–H groups in total. The molecule has 10 radical (unpaired) electrons. The van der Waals surface area contributed by atoms with Gasteiger partial charge < -0.3 is 0 Å². The van der Waals surface area contributed by atoms with Gasteiger partial charge in [-0.1, -0.05) is 0 Å². The van der Waals surface area contributed by atoms with Crippen LogP contribution in [0.2, 0.25) is 0 Å². The Morgan fingerprint density at radius 3 is 2.07 bits per heavy atom. The fourth-order valence-electron chi connectivity index (χ4n) is 4.61. The van der Waals surface area contributed by atoms with Crippen molar-refractivity contribution in [3.63, 3.8) is 0 Å². The van der Waals surface area contributed by atoms with Gasteiger partial charge in [0, 0.05) is 23.6 Å². The minimum absolute atomic E-state index is 0. The maximum Gasteiger partial charge on any atom is 2.00 e. The molecule has 4 heterocycles. The van der Waals surface area contributed by atoms with Crippen molar-refractivity contribution in [2.45, 2.75) is 38.8 Å². The Morgan fingerprint density at radius 2 is 1.54 bits per heavy atom. The van der Waals surface area contributed by atoms with Gasteiger partial charge in [0.1, 0.15) is 0 Å². The molecular formula is C23H27FeN3O+2. The molecule has 0 aromatic carbocycles. The largest absolute Gasteiger partial charge is 2.00 e. The molecular weight excluding hydrogens is 390 g/mol. The molecule has 2 bridgehead atoms. The third kappa shape index (κ3) is 4.57. The number of hydrogen-bond donors (Lipinski definition) is 0. The van der Waals surface area contributed by atoms with E-state index >= 15 is 0 Å². The third-order valence-electron chi connectivity index (χ3n) is 5.79. The van der Waals surface area contributed by atoms with Crippen LogP contribution in [-0.2, 0) is 21.9 Å². The molecule has 0 spiro atoms. The fraction of sp³-hybridized carbons (Fsp3) is 0.391. The SMILES string of the molecule is CC(=O)/C=C(\C)N1N=C2C3CCN(CC3)C2C1[C]1[CH][CH][CH][CH]1.[CH]1[CH][CH][CH][CH]1.[Fe+2]. The fourth-order valence-corrected chi connectivity index (χ4v) is 4.61. The van der Waals surface area contributed by atoms with Crippen molar-refractivity contribution in [2.75, 3.05) is 13.1 Å². The molecule has 0 aromatic rings. The van der Waals surface area contributed by atoms with Crippen molar-refractivity contribution in [2.24, 2.45) is 11.0 Å². The number of ketones is 1. The first-order valence-electron chi connectivity index (χ1n) is 9.84. The predicted molar refractivity (Wildman–Crippen MR) is 108 cm³/mol. The Kier molecular flexibility index (Phi) is 7.81. The van der Waals surface area contributed by atoms with Crippen molar-refractivity contribution in [1.82, 2.24) is 9.91 Å². The summed E-state index contributed by atoms with van der Waals surface area (Å²) in [4.78, 5) is 14.1. The van der Waals surface area contributed by atoms with Gasteiger partial charge in [0.25, 0.3) is 0 Å². The van der Waals surface area contributed by atoms with Gasteiger partial charge in [0.2, 0.25) is 0 Å². The van der Waals surface area contributed by atoms with Gasteiger partial charge in [-0.15, -0.1) is 0 Å². The number of carbonyl (C=O) groups excluding carboxylic acids is 1. The molecule has 4 nitrogen and oxygen atoms in total. The van der Waals surface area contributed by atoms with Gasteiger partial charge in [-0.25, -0.2) is 0 Å². The number of hydrazone groups is 1. The van der Waals surface area contributed by atoms with Crippen LogP contribution < -0.4 is 0 Å². The van der Waals surface area contributed by atoms with E-state index in [1.165, 1.54) is 37.6 Å². The quantitative estimate of drug-likeness (QED) is 0.523. The van der Waals surface area contributed by atoms with Crippen LogP contribution >= 0.6 is 0 Å². The van der Waals surface area contributed by atoms with Crippen molar-refractivity contribution in [3.8, 4) is 0 Å². The monoisotopic (exact) mass is 417 g/mol. The summed E-state index contributed by atoms with van der Waals surface area (Å²) in [5.74, 6) is 2.01. The molecule has 0 aromatic heterocycles. The maximum atomic E-state index is 11.5. The number of rotatable bonds is 3. The van der Waals surface area contributed by atoms with Crippen LogP contribution in [0.15, 0.2) is 16.9 Å². The number of piperidine rings is 3. The van der Waals surface area contributed by atoms with Gasteiger partial charge in [0.05, 0.1) is 17.8 Å².